The monoisotopic (exact) mass is 273 g/mol. The van der Waals surface area contributed by atoms with Gasteiger partial charge in [-0.2, -0.15) is 0 Å². The van der Waals surface area contributed by atoms with Crippen LogP contribution in [0.15, 0.2) is 0 Å². The van der Waals surface area contributed by atoms with Gasteiger partial charge in [-0.3, -0.25) is 9.59 Å². The van der Waals surface area contributed by atoms with Crippen LogP contribution in [0.25, 0.3) is 0 Å². The molecule has 0 aromatic carbocycles. The molecule has 0 bridgehead atoms. The quantitative estimate of drug-likeness (QED) is 0.527. The van der Waals surface area contributed by atoms with Crippen LogP contribution in [0.1, 0.15) is 6.92 Å². The van der Waals surface area contributed by atoms with Crippen molar-refractivity contribution >= 4 is 17.9 Å². The van der Waals surface area contributed by atoms with Gasteiger partial charge in [-0.05, 0) is 5.92 Å². The van der Waals surface area contributed by atoms with Crippen LogP contribution in [0.3, 0.4) is 0 Å². The standard InChI is InChI=1S/C11H19N3O5/c1-7-4-14(5-8(7)10(16)17)11(18)13-2-3-19-6-9(12)15/h7-8H,2-6H2,1H3,(H2,12,15)(H,13,18)(H,16,17)/t7-,8-/m1/s1. The molecule has 0 spiro atoms. The van der Waals surface area contributed by atoms with Crippen LogP contribution in [0.5, 0.6) is 0 Å². The summed E-state index contributed by atoms with van der Waals surface area (Å²) in [5.74, 6) is -2.03. The highest BCUT2D eigenvalue weighted by molar-refractivity contribution is 5.77. The summed E-state index contributed by atoms with van der Waals surface area (Å²) in [4.78, 5) is 34.5. The Bertz CT molecular complexity index is 360. The molecule has 1 heterocycles. The molecule has 0 radical (unpaired) electrons. The predicted molar refractivity (Wildman–Crippen MR) is 65.3 cm³/mol. The van der Waals surface area contributed by atoms with Crippen molar-refractivity contribution in [3.63, 3.8) is 0 Å². The van der Waals surface area contributed by atoms with E-state index in [2.05, 4.69) is 5.32 Å². The minimum atomic E-state index is -0.882. The zero-order valence-electron chi connectivity index (χ0n) is 10.8. The van der Waals surface area contributed by atoms with Gasteiger partial charge in [-0.25, -0.2) is 4.79 Å². The Morgan fingerprint density at radius 3 is 2.63 bits per heavy atom. The summed E-state index contributed by atoms with van der Waals surface area (Å²) in [5.41, 5.74) is 4.88. The molecule has 8 heteroatoms. The Morgan fingerprint density at radius 1 is 1.42 bits per heavy atom. The average molecular weight is 273 g/mol. The topological polar surface area (TPSA) is 122 Å². The lowest BCUT2D eigenvalue weighted by Gasteiger charge is -2.16. The molecular weight excluding hydrogens is 254 g/mol. The van der Waals surface area contributed by atoms with Gasteiger partial charge < -0.3 is 25.8 Å². The zero-order valence-corrected chi connectivity index (χ0v) is 10.8. The van der Waals surface area contributed by atoms with E-state index in [0.29, 0.717) is 6.54 Å². The van der Waals surface area contributed by atoms with Crippen LogP contribution >= 0.6 is 0 Å². The molecule has 4 N–H and O–H groups in total. The summed E-state index contributed by atoms with van der Waals surface area (Å²) in [6.45, 7) is 2.68. The summed E-state index contributed by atoms with van der Waals surface area (Å²) < 4.78 is 4.89. The van der Waals surface area contributed by atoms with Gasteiger partial charge in [0.25, 0.3) is 0 Å². The lowest BCUT2D eigenvalue weighted by molar-refractivity contribution is -0.142. The fraction of sp³-hybridized carbons (Fsp3) is 0.727. The molecule has 0 unspecified atom stereocenters. The highest BCUT2D eigenvalue weighted by atomic mass is 16.5. The number of carboxylic acids is 1. The molecule has 0 saturated carbocycles. The molecule has 1 fully saturated rings. The number of likely N-dealkylation sites (tertiary alicyclic amines) is 1. The molecule has 1 rings (SSSR count). The largest absolute Gasteiger partial charge is 0.481 e. The van der Waals surface area contributed by atoms with Gasteiger partial charge in [0.1, 0.15) is 6.61 Å². The van der Waals surface area contributed by atoms with Crippen LogP contribution in [0, 0.1) is 11.8 Å². The van der Waals surface area contributed by atoms with Crippen molar-refractivity contribution in [1.82, 2.24) is 10.2 Å². The van der Waals surface area contributed by atoms with Crippen LogP contribution in [-0.2, 0) is 14.3 Å². The van der Waals surface area contributed by atoms with Crippen LogP contribution in [0.2, 0.25) is 0 Å². The number of rotatable bonds is 6. The number of hydrogen-bond donors (Lipinski definition) is 3. The van der Waals surface area contributed by atoms with Crippen LogP contribution in [-0.4, -0.2) is 60.8 Å². The van der Waals surface area contributed by atoms with E-state index in [4.69, 9.17) is 15.6 Å². The second-order valence-corrected chi connectivity index (χ2v) is 4.58. The fourth-order valence-electron chi connectivity index (χ4n) is 1.97. The zero-order chi connectivity index (χ0) is 14.4. The first-order valence-electron chi connectivity index (χ1n) is 6.03. The SMILES string of the molecule is C[C@@H]1CN(C(=O)NCCOCC(N)=O)C[C@H]1C(=O)O. The first-order valence-corrected chi connectivity index (χ1v) is 6.03. The minimum absolute atomic E-state index is 0.0608. The van der Waals surface area contributed by atoms with Crippen molar-refractivity contribution < 1.29 is 24.2 Å². The van der Waals surface area contributed by atoms with Crippen molar-refractivity contribution in [2.45, 2.75) is 6.92 Å². The third-order valence-corrected chi connectivity index (χ3v) is 2.98. The molecule has 0 aromatic heterocycles. The lowest BCUT2D eigenvalue weighted by atomic mass is 9.99. The normalized spacial score (nSPS) is 22.3. The number of carbonyl (C=O) groups is 3. The Hall–Kier alpha value is -1.83. The number of nitrogens with zero attached hydrogens (tertiary/aromatic N) is 1. The second kappa shape index (κ2) is 6.93. The molecule has 3 amide bonds. The van der Waals surface area contributed by atoms with Gasteiger partial charge in [-0.15, -0.1) is 0 Å². The lowest BCUT2D eigenvalue weighted by Crippen LogP contribution is -2.40. The van der Waals surface area contributed by atoms with E-state index < -0.39 is 17.8 Å². The summed E-state index contributed by atoms with van der Waals surface area (Å²) in [6.07, 6.45) is 0. The van der Waals surface area contributed by atoms with Gasteiger partial charge >= 0.3 is 12.0 Å². The van der Waals surface area contributed by atoms with E-state index in [-0.39, 0.29) is 38.3 Å². The Labute approximate surface area is 110 Å². The van der Waals surface area contributed by atoms with Gasteiger partial charge in [0.15, 0.2) is 0 Å². The number of carbonyl (C=O) groups excluding carboxylic acids is 2. The number of nitrogens with one attached hydrogen (secondary N) is 1. The summed E-state index contributed by atoms with van der Waals surface area (Å²) in [6, 6.07) is -0.321. The minimum Gasteiger partial charge on any atom is -0.481 e. The highest BCUT2D eigenvalue weighted by Gasteiger charge is 2.36. The molecule has 108 valence electrons. The highest BCUT2D eigenvalue weighted by Crippen LogP contribution is 2.22. The Kier molecular flexibility index (Phi) is 5.56. The third kappa shape index (κ3) is 4.74. The average Bonchev–Trinajstić information content (AvgIpc) is 2.70. The van der Waals surface area contributed by atoms with Crippen LogP contribution in [0.4, 0.5) is 4.79 Å². The summed E-state index contributed by atoms with van der Waals surface area (Å²) >= 11 is 0. The number of amides is 3. The number of urea groups is 1. The molecule has 0 aromatic rings. The van der Waals surface area contributed by atoms with Gasteiger partial charge in [0.05, 0.1) is 12.5 Å². The molecule has 1 saturated heterocycles. The van der Waals surface area contributed by atoms with Crippen molar-refractivity contribution in [3.05, 3.63) is 0 Å². The first-order chi connectivity index (χ1) is 8.91. The van der Waals surface area contributed by atoms with E-state index in [1.165, 1.54) is 4.90 Å². The smallest absolute Gasteiger partial charge is 0.317 e. The molecule has 0 aliphatic carbocycles. The van der Waals surface area contributed by atoms with E-state index in [1.807, 2.05) is 6.92 Å². The molecule has 1 aliphatic rings. The maximum absolute atomic E-state index is 11.7. The van der Waals surface area contributed by atoms with E-state index >= 15 is 0 Å². The van der Waals surface area contributed by atoms with Gasteiger partial charge in [-0.1, -0.05) is 6.92 Å². The maximum atomic E-state index is 11.7. The van der Waals surface area contributed by atoms with Crippen molar-refractivity contribution in [3.8, 4) is 0 Å². The number of nitrogens with two attached hydrogens (primary N) is 1. The number of carboxylic acid groups (broad SMARTS) is 1. The van der Waals surface area contributed by atoms with Gasteiger partial charge in [0.2, 0.25) is 5.91 Å². The molecule has 1 aliphatic heterocycles. The van der Waals surface area contributed by atoms with E-state index in [1.54, 1.807) is 0 Å². The van der Waals surface area contributed by atoms with Crippen molar-refractivity contribution in [2.24, 2.45) is 17.6 Å². The molecule has 19 heavy (non-hydrogen) atoms. The van der Waals surface area contributed by atoms with Crippen molar-refractivity contribution in [2.75, 3.05) is 32.8 Å². The third-order valence-electron chi connectivity index (χ3n) is 2.98. The van der Waals surface area contributed by atoms with Gasteiger partial charge in [0, 0.05) is 19.6 Å². The number of primary amides is 1. The fourth-order valence-corrected chi connectivity index (χ4v) is 1.97. The molecule has 8 nitrogen and oxygen atoms in total. The number of hydrogen-bond acceptors (Lipinski definition) is 4. The van der Waals surface area contributed by atoms with E-state index in [0.717, 1.165) is 0 Å². The summed E-state index contributed by atoms with van der Waals surface area (Å²) in [5, 5.41) is 11.6. The Morgan fingerprint density at radius 2 is 2.11 bits per heavy atom. The van der Waals surface area contributed by atoms with Crippen LogP contribution < -0.4 is 11.1 Å². The van der Waals surface area contributed by atoms with Crippen molar-refractivity contribution in [1.29, 1.82) is 0 Å². The maximum Gasteiger partial charge on any atom is 0.317 e. The molecule has 2 atom stereocenters. The number of ether oxygens (including phenoxy) is 1. The Balaban J connectivity index is 2.24. The second-order valence-electron chi connectivity index (χ2n) is 4.58. The van der Waals surface area contributed by atoms with E-state index in [9.17, 15) is 14.4 Å². The predicted octanol–water partition coefficient (Wildman–Crippen LogP) is -1.15. The number of aliphatic carboxylic acids is 1. The molecular formula is C11H19N3O5. The summed E-state index contributed by atoms with van der Waals surface area (Å²) in [7, 11) is 0. The first kappa shape index (κ1) is 15.2.